The predicted molar refractivity (Wildman–Crippen MR) is 125 cm³/mol. The Morgan fingerprint density at radius 3 is 1.19 bits per heavy atom. The van der Waals surface area contributed by atoms with Gasteiger partial charge in [-0.2, -0.15) is 0 Å². The summed E-state index contributed by atoms with van der Waals surface area (Å²) in [5, 5.41) is 2.78. The van der Waals surface area contributed by atoms with E-state index in [2.05, 4.69) is 77.9 Å². The molecule has 2 heterocycles. The molecule has 27 heavy (non-hydrogen) atoms. The zero-order valence-electron chi connectivity index (χ0n) is 18.3. The normalized spacial score (nSPS) is 12.4. The van der Waals surface area contributed by atoms with E-state index in [0.717, 1.165) is 6.42 Å². The van der Waals surface area contributed by atoms with Crippen molar-refractivity contribution in [1.29, 1.82) is 0 Å². The highest BCUT2D eigenvalue weighted by Gasteiger charge is 2.32. The van der Waals surface area contributed by atoms with Crippen molar-refractivity contribution < 1.29 is 0 Å². The first kappa shape index (κ1) is 22.0. The van der Waals surface area contributed by atoms with E-state index < -0.39 is 16.1 Å². The first-order valence-electron chi connectivity index (χ1n) is 11.0. The minimum absolute atomic E-state index is 0.852. The minimum atomic E-state index is -1.42. The lowest BCUT2D eigenvalue weighted by Gasteiger charge is -2.28. The van der Waals surface area contributed by atoms with Crippen molar-refractivity contribution in [3.8, 4) is 0 Å². The molecule has 0 N–H and O–H groups in total. The highest BCUT2D eigenvalue weighted by Crippen LogP contribution is 2.21. The Balaban J connectivity index is 2.33. The number of hydrogen-bond donors (Lipinski definition) is 0. The van der Waals surface area contributed by atoms with E-state index in [-0.39, 0.29) is 0 Å². The lowest BCUT2D eigenvalue weighted by atomic mass is 10.2. The quantitative estimate of drug-likeness (QED) is 0.494. The van der Waals surface area contributed by atoms with E-state index in [1.54, 1.807) is 0 Å². The van der Waals surface area contributed by atoms with Crippen molar-refractivity contribution in [2.45, 2.75) is 84.2 Å². The van der Waals surface area contributed by atoms with Crippen molar-refractivity contribution in [2.24, 2.45) is 0 Å². The Morgan fingerprint density at radius 1 is 0.556 bits per heavy atom. The fourth-order valence-electron chi connectivity index (χ4n) is 4.52. The van der Waals surface area contributed by atoms with Crippen LogP contribution in [0.15, 0.2) is 36.4 Å². The molecule has 0 saturated heterocycles. The van der Waals surface area contributed by atoms with Crippen LogP contribution >= 0.6 is 0 Å². The fraction of sp³-hybridized carbons (Fsp3) is 0.565. The van der Waals surface area contributed by atoms with Crippen LogP contribution in [0.25, 0.3) is 0 Å². The molecule has 2 aromatic rings. The summed E-state index contributed by atoms with van der Waals surface area (Å²) >= 11 is 0. The van der Waals surface area contributed by atoms with Crippen LogP contribution in [0.1, 0.15) is 52.9 Å². The molecule has 0 atom stereocenters. The van der Waals surface area contributed by atoms with Crippen LogP contribution < -0.4 is 10.6 Å². The molecule has 0 amide bonds. The zero-order valence-corrected chi connectivity index (χ0v) is 20.3. The number of rotatable bonds is 10. The molecule has 0 unspecified atom stereocenters. The van der Waals surface area contributed by atoms with Gasteiger partial charge in [-0.05, 0) is 24.3 Å². The van der Waals surface area contributed by atoms with Gasteiger partial charge in [0.15, 0.2) is 0 Å². The van der Waals surface area contributed by atoms with Crippen molar-refractivity contribution in [1.82, 2.24) is 9.97 Å². The minimum Gasteiger partial charge on any atom is -0.262 e. The van der Waals surface area contributed by atoms with Crippen LogP contribution in [0.2, 0.25) is 36.3 Å². The molecule has 0 fully saturated rings. The zero-order chi connectivity index (χ0) is 19.9. The van der Waals surface area contributed by atoms with Crippen LogP contribution in [-0.4, -0.2) is 26.1 Å². The van der Waals surface area contributed by atoms with E-state index in [4.69, 9.17) is 9.97 Å². The van der Waals surface area contributed by atoms with Crippen LogP contribution in [-0.2, 0) is 6.42 Å². The second-order valence-corrected chi connectivity index (χ2v) is 18.3. The van der Waals surface area contributed by atoms with E-state index in [0.29, 0.717) is 0 Å². The third-order valence-electron chi connectivity index (χ3n) is 7.12. The van der Waals surface area contributed by atoms with Gasteiger partial charge in [0.1, 0.15) is 16.1 Å². The summed E-state index contributed by atoms with van der Waals surface area (Å²) in [6, 6.07) is 21.0. The van der Waals surface area contributed by atoms with E-state index in [1.165, 1.54) is 58.3 Å². The molecule has 0 aromatic carbocycles. The van der Waals surface area contributed by atoms with Gasteiger partial charge < -0.3 is 0 Å². The van der Waals surface area contributed by atoms with Crippen molar-refractivity contribution in [3.63, 3.8) is 0 Å². The summed E-state index contributed by atoms with van der Waals surface area (Å²) in [6.07, 6.45) is 0.852. The van der Waals surface area contributed by atoms with Gasteiger partial charge in [-0.25, -0.2) is 0 Å². The number of aromatic nitrogens is 2. The standard InChI is InChI=1S/C23H38N2Si2/c1-7-26(8-2,9-3)22-17-13-15-20(24-22)19-21-16-14-18-23(25-21)27(10-4,11-5)12-6/h13-18H,7-12,19H2,1-6H3. The second kappa shape index (κ2) is 9.79. The Kier molecular flexibility index (Phi) is 7.98. The first-order valence-corrected chi connectivity index (χ1v) is 16.2. The summed E-state index contributed by atoms with van der Waals surface area (Å²) in [7, 11) is -2.85. The molecule has 148 valence electrons. The summed E-state index contributed by atoms with van der Waals surface area (Å²) in [6.45, 7) is 14.1. The molecule has 2 aromatic heterocycles. The van der Waals surface area contributed by atoms with Crippen molar-refractivity contribution in [2.75, 3.05) is 0 Å². The first-order chi connectivity index (χ1) is 13.0. The van der Waals surface area contributed by atoms with Gasteiger partial charge in [-0.15, -0.1) is 0 Å². The number of hydrogen-bond acceptors (Lipinski definition) is 2. The highest BCUT2D eigenvalue weighted by atomic mass is 28.3. The van der Waals surface area contributed by atoms with Gasteiger partial charge in [0.25, 0.3) is 0 Å². The van der Waals surface area contributed by atoms with Crippen molar-refractivity contribution in [3.05, 3.63) is 47.8 Å². The fourth-order valence-corrected chi connectivity index (χ4v) is 11.4. The SMILES string of the molecule is CC[Si](CC)(CC)c1cccc(Cc2cccc([Si](CC)(CC)CC)n2)n1. The van der Waals surface area contributed by atoms with Crippen LogP contribution in [0, 0.1) is 0 Å². The molecule has 2 rings (SSSR count). The third-order valence-corrected chi connectivity index (χ3v) is 18.0. The molecular weight excluding hydrogens is 360 g/mol. The van der Waals surface area contributed by atoms with Gasteiger partial charge >= 0.3 is 0 Å². The lowest BCUT2D eigenvalue weighted by Crippen LogP contribution is -2.48. The third kappa shape index (κ3) is 4.60. The van der Waals surface area contributed by atoms with E-state index >= 15 is 0 Å². The average Bonchev–Trinajstić information content (AvgIpc) is 2.72. The summed E-state index contributed by atoms with van der Waals surface area (Å²) in [5.41, 5.74) is 2.36. The molecule has 0 radical (unpaired) electrons. The smallest absolute Gasteiger partial charge is 0.109 e. The Bertz CT molecular complexity index is 644. The molecule has 0 aliphatic rings. The molecule has 0 bridgehead atoms. The Labute approximate surface area is 168 Å². The van der Waals surface area contributed by atoms with Gasteiger partial charge in [0.2, 0.25) is 0 Å². The second-order valence-electron chi connectivity index (χ2n) is 7.89. The maximum absolute atomic E-state index is 5.14. The summed E-state index contributed by atoms with van der Waals surface area (Å²) < 4.78 is 0. The molecule has 0 aliphatic heterocycles. The molecule has 2 nitrogen and oxygen atoms in total. The largest absolute Gasteiger partial charge is 0.262 e. The van der Waals surface area contributed by atoms with E-state index in [9.17, 15) is 0 Å². The maximum atomic E-state index is 5.14. The van der Waals surface area contributed by atoms with Crippen LogP contribution in [0.4, 0.5) is 0 Å². The Morgan fingerprint density at radius 2 is 0.889 bits per heavy atom. The van der Waals surface area contributed by atoms with Crippen LogP contribution in [0.5, 0.6) is 0 Å². The number of pyridine rings is 2. The monoisotopic (exact) mass is 398 g/mol. The summed E-state index contributed by atoms with van der Waals surface area (Å²) in [4.78, 5) is 10.3. The van der Waals surface area contributed by atoms with Gasteiger partial charge in [0.05, 0.1) is 0 Å². The molecule has 0 aliphatic carbocycles. The van der Waals surface area contributed by atoms with Gasteiger partial charge in [0, 0.05) is 28.4 Å². The average molecular weight is 399 g/mol. The van der Waals surface area contributed by atoms with Gasteiger partial charge in [-0.3, -0.25) is 9.97 Å². The molecule has 0 saturated carbocycles. The lowest BCUT2D eigenvalue weighted by molar-refractivity contribution is 1.02. The molecule has 0 spiro atoms. The predicted octanol–water partition coefficient (Wildman–Crippen LogP) is 5.50. The summed E-state index contributed by atoms with van der Waals surface area (Å²) in [5.74, 6) is 0. The topological polar surface area (TPSA) is 25.8 Å². The molecular formula is C23H38N2Si2. The van der Waals surface area contributed by atoms with Gasteiger partial charge in [-0.1, -0.05) is 89.9 Å². The Hall–Kier alpha value is -1.27. The van der Waals surface area contributed by atoms with Crippen LogP contribution in [0.3, 0.4) is 0 Å². The maximum Gasteiger partial charge on any atom is 0.109 e. The van der Waals surface area contributed by atoms with Crippen molar-refractivity contribution >= 4 is 26.8 Å². The highest BCUT2D eigenvalue weighted by molar-refractivity contribution is 6.91. The van der Waals surface area contributed by atoms with E-state index in [1.807, 2.05) is 0 Å². The number of nitrogens with zero attached hydrogens (tertiary/aromatic N) is 2. The molecule has 4 heteroatoms.